The molecule has 7 fully saturated rings. The molecular weight excluding hydrogens is 2040 g/mol. The molecule has 0 aliphatic carbocycles. The van der Waals surface area contributed by atoms with E-state index in [1.165, 1.54) is 149 Å². The van der Waals surface area contributed by atoms with Gasteiger partial charge in [-0.2, -0.15) is 5.26 Å². The molecule has 6 aromatic rings. The largest absolute Gasteiger partial charge is 0.480 e. The van der Waals surface area contributed by atoms with Crippen molar-refractivity contribution in [1.82, 2.24) is 9.80 Å². The standard InChI is InChI=1S/C21H22F2N2O2.C14H11F2NO2.C8H6BrFO2.C7H13NO.C6H6FN.C4H8O.C2H3N.I4.I3/c22-16-6-4-15(5-7-16)20(24-18-3-1-2-17(23)12-18)21(26)27-19-13-25-10-8-14(19)9-11-25;15-10-6-4-9(5-7-10)13(14(18)19)17-12-3-1-2-11(16)8-12;9-7(8(11)12)5-1-3-6(10)4-2-5;9-7-5-8-3-1-6(7)2-4-8;7-5-2-1-3-6(8)4-5;1-2-4-5-3-1;1-2-3;1-4(2)3;1-3-2/h1-7,12,14,19-20,24H,8-11,13H2;1-8,13,17H,(H,18,19);1-4,7H,(H,11,12);6-7,9H,1-5H2;1-4H,8H2;1-4H2;1H3;;/q;;;;;;;;-1/t19-,20?;;;7-;;;;;/m0..0...../s1. The fraction of sp³-hybridized carbons (Fsp3) is 0.355. The van der Waals surface area contributed by atoms with Gasteiger partial charge in [-0.1, -0.05) is 70.5 Å². The van der Waals surface area contributed by atoms with Crippen molar-refractivity contribution >= 4 is 152 Å². The molecule has 5 atom stereocenters. The summed E-state index contributed by atoms with van der Waals surface area (Å²) >= 11 is 15.7. The van der Waals surface area contributed by atoms with Gasteiger partial charge in [0.25, 0.3) is 0 Å². The van der Waals surface area contributed by atoms with Crippen LogP contribution >= 0.6 is 117 Å². The Morgan fingerprint density at radius 1 is 0.633 bits per heavy atom. The molecule has 7 heterocycles. The summed E-state index contributed by atoms with van der Waals surface area (Å²) < 4.78 is 88.0. The molecule has 3 unspecified atom stereocenters. The van der Waals surface area contributed by atoms with Crippen molar-refractivity contribution in [3.05, 3.63) is 197 Å². The molecule has 0 saturated carbocycles. The number of nitriles is 1. The quantitative estimate of drug-likeness (QED) is 0.0234. The van der Waals surface area contributed by atoms with Crippen molar-refractivity contribution in [3.8, 4) is 6.07 Å². The summed E-state index contributed by atoms with van der Waals surface area (Å²) in [7, 11) is -0.353. The molecule has 7 aliphatic rings. The van der Waals surface area contributed by atoms with E-state index in [0.717, 1.165) is 52.2 Å². The number of carboxylic acid groups (broad SMARTS) is 2. The number of rotatable bonds is 11. The summed E-state index contributed by atoms with van der Waals surface area (Å²) in [6, 6.07) is 33.2. The number of alkyl halides is 1. The third-order valence-corrected chi connectivity index (χ3v) is 14.6. The number of carbonyl (C=O) groups excluding carboxylic acids is 1. The maximum Gasteiger partial charge on any atom is 0.333 e. The van der Waals surface area contributed by atoms with Gasteiger partial charge in [-0.25, -0.2) is 35.9 Å². The van der Waals surface area contributed by atoms with Gasteiger partial charge in [0.15, 0.2) is 12.1 Å². The van der Waals surface area contributed by atoms with Crippen LogP contribution in [0.5, 0.6) is 0 Å². The van der Waals surface area contributed by atoms with Gasteiger partial charge in [-0.3, -0.25) is 9.69 Å². The fourth-order valence-electron chi connectivity index (χ4n) is 9.35. The molecule has 28 heteroatoms. The van der Waals surface area contributed by atoms with E-state index in [1.54, 1.807) is 48.5 Å². The van der Waals surface area contributed by atoms with Crippen LogP contribution in [-0.2, 0) is 23.9 Å². The second-order valence-corrected chi connectivity index (χ2v) is 85.9. The SMILES string of the molecule is C1CCOC1.CC#N.II(I)I.I[I-]I.Nc1cccc(F)c1.O=C(O)C(Br)c1ccc(F)cc1.O=C(O)C(Nc1cccc(F)c1)c1ccc(F)cc1.O=C(O[C@H]1CN2CCC1CC2)C(Nc1cccc(F)c1)c1ccc(F)cc1.O[C@H]1CN2CCC1CC2. The third-order valence-electron chi connectivity index (χ3n) is 13.7. The van der Waals surface area contributed by atoms with E-state index in [4.69, 9.17) is 25.6 Å². The van der Waals surface area contributed by atoms with E-state index in [0.29, 0.717) is 58.8 Å². The number of hydrogen-bond donors (Lipinski definition) is 6. The molecule has 4 bridgehead atoms. The van der Waals surface area contributed by atoms with E-state index >= 15 is 0 Å². The number of carbonyl (C=O) groups is 3. The van der Waals surface area contributed by atoms with Gasteiger partial charge in [-0.15, -0.1) is 0 Å². The number of carboxylic acids is 2. The average molecular weight is 2110 g/mol. The van der Waals surface area contributed by atoms with Crippen molar-refractivity contribution in [3.63, 3.8) is 0 Å². The first-order valence-corrected chi connectivity index (χ1v) is 60.0. The van der Waals surface area contributed by atoms with Crippen molar-refractivity contribution in [1.29, 1.82) is 5.26 Å². The summed E-state index contributed by atoms with van der Waals surface area (Å²) in [5.74, 6) is -3.86. The van der Waals surface area contributed by atoms with E-state index < -0.39 is 52.3 Å². The number of aliphatic hydroxyl groups is 1. The molecule has 7 saturated heterocycles. The predicted octanol–water partition coefficient (Wildman–Crippen LogP) is 14.4. The normalized spacial score (nSPS) is 19.6. The first kappa shape index (κ1) is 81.9. The Balaban J connectivity index is 0.000000293. The van der Waals surface area contributed by atoms with Crippen LogP contribution in [0.3, 0.4) is 0 Å². The zero-order valence-electron chi connectivity index (χ0n) is 48.4. The molecule has 13 rings (SSSR count). The molecule has 0 radical (unpaired) electrons. The van der Waals surface area contributed by atoms with Crippen LogP contribution in [0, 0.1) is 58.1 Å². The van der Waals surface area contributed by atoms with Gasteiger partial charge in [-0.05, 0) is 184 Å². The maximum absolute atomic E-state index is 13.5. The van der Waals surface area contributed by atoms with Gasteiger partial charge in [0.1, 0.15) is 45.8 Å². The molecule has 494 valence electrons. The Kier molecular flexibility index (Phi) is 42.5. The van der Waals surface area contributed by atoms with E-state index in [-0.39, 0.29) is 37.6 Å². The van der Waals surface area contributed by atoms with Crippen LogP contribution in [0.2, 0.25) is 0 Å². The molecule has 0 amide bonds. The number of aliphatic carboxylic acids is 2. The summed E-state index contributed by atoms with van der Waals surface area (Å²) in [6.07, 6.45) is 6.94. The number of nitrogen functional groups attached to an aromatic ring is 1. The molecule has 6 aromatic carbocycles. The van der Waals surface area contributed by atoms with Gasteiger partial charge < -0.3 is 46.1 Å². The van der Waals surface area contributed by atoms with Gasteiger partial charge in [0.2, 0.25) is 0 Å². The Morgan fingerprint density at radius 3 is 1.31 bits per heavy atom. The van der Waals surface area contributed by atoms with Crippen LogP contribution in [0.1, 0.15) is 79.0 Å². The van der Waals surface area contributed by atoms with Crippen LogP contribution in [-0.4, -0.2) is 108 Å². The van der Waals surface area contributed by atoms with E-state index in [1.807, 2.05) is 0 Å². The molecule has 7 aliphatic heterocycles. The first-order chi connectivity index (χ1) is 43.0. The minimum Gasteiger partial charge on any atom is -0.480 e. The third kappa shape index (κ3) is 33.8. The molecule has 0 aromatic heterocycles. The Labute approximate surface area is 596 Å². The number of nitrogens with one attached hydrogen (secondary N) is 2. The zero-order valence-corrected chi connectivity index (χ0v) is 65.1. The van der Waals surface area contributed by atoms with Crippen LogP contribution < -0.4 is 29.6 Å². The molecule has 0 spiro atoms. The van der Waals surface area contributed by atoms with Crippen LogP contribution in [0.25, 0.3) is 0 Å². The summed E-state index contributed by atoms with van der Waals surface area (Å²) in [6.45, 7) is 9.68. The number of fused-ring (bicyclic) bond motifs is 6. The molecule has 90 heavy (non-hydrogen) atoms. The first-order valence-electron chi connectivity index (χ1n) is 27.7. The Morgan fingerprint density at radius 2 is 1.01 bits per heavy atom. The number of esters is 1. The number of hydrogen-bond acceptors (Lipinski definition) is 12. The summed E-state index contributed by atoms with van der Waals surface area (Å²) in [5.41, 5.74) is 7.99. The topological polar surface area (TPSA) is 211 Å². The second-order valence-electron chi connectivity index (χ2n) is 20.0. The zero-order chi connectivity index (χ0) is 66.5. The van der Waals surface area contributed by atoms with Gasteiger partial charge in [0, 0.05) is 50.3 Å². The fourth-order valence-corrected chi connectivity index (χ4v) is 9.66. The van der Waals surface area contributed by atoms with Crippen molar-refractivity contribution in [2.24, 2.45) is 11.8 Å². The van der Waals surface area contributed by atoms with Crippen molar-refractivity contribution < 1.29 is 78.8 Å². The monoisotopic (exact) mass is 2110 g/mol. The number of benzene rings is 6. The van der Waals surface area contributed by atoms with Gasteiger partial charge >= 0.3 is 132 Å². The van der Waals surface area contributed by atoms with Crippen LogP contribution in [0.4, 0.5) is 43.4 Å². The predicted molar refractivity (Wildman–Crippen MR) is 392 cm³/mol. The maximum atomic E-state index is 13.5. The molecule has 14 nitrogen and oxygen atoms in total. The smallest absolute Gasteiger partial charge is 0.333 e. The minimum atomic E-state index is -1.13. The van der Waals surface area contributed by atoms with E-state index in [2.05, 4.69) is 129 Å². The second kappa shape index (κ2) is 46.7. The van der Waals surface area contributed by atoms with E-state index in [9.17, 15) is 50.9 Å². The Bertz CT molecular complexity index is 3040. The number of ether oxygens (including phenoxy) is 2. The number of aliphatic hydroxyl groups excluding tert-OH is 1. The number of piperidine rings is 6. The number of nitrogens with two attached hydrogens (primary N) is 1. The van der Waals surface area contributed by atoms with Crippen molar-refractivity contribution in [2.75, 3.05) is 68.8 Å². The van der Waals surface area contributed by atoms with Gasteiger partial charge in [0.05, 0.1) is 12.2 Å². The number of halogens is 14. The molecular formula is C62H69BrF6I7N6O8-. The Hall–Kier alpha value is -2.37. The average Bonchev–Trinajstić information content (AvgIpc) is 2.00. The summed E-state index contributed by atoms with van der Waals surface area (Å²) in [4.78, 5) is 38.5. The van der Waals surface area contributed by atoms with Crippen LogP contribution in [0.15, 0.2) is 146 Å². The molecule has 7 N–H and O–H groups in total. The van der Waals surface area contributed by atoms with Crippen molar-refractivity contribution in [2.45, 2.75) is 74.6 Å². The number of nitrogens with zero attached hydrogens (tertiary/aromatic N) is 3. The summed E-state index contributed by atoms with van der Waals surface area (Å²) in [5, 5.41) is 40.1. The number of anilines is 3. The minimum absolute atomic E-state index is 0.00694.